The molecular weight excluding hydrogens is 552 g/mol. The van der Waals surface area contributed by atoms with E-state index in [4.69, 9.17) is 10.8 Å². The highest BCUT2D eigenvalue weighted by atomic mass is 19.4. The first-order chi connectivity index (χ1) is 19.3. The number of fused-ring (bicyclic) bond motifs is 1. The Hall–Kier alpha value is -3.88. The lowest BCUT2D eigenvalue weighted by Crippen LogP contribution is -2.53. The van der Waals surface area contributed by atoms with Crippen molar-refractivity contribution in [2.24, 2.45) is 21.7 Å². The lowest BCUT2D eigenvalue weighted by Gasteiger charge is -2.39. The smallest absolute Gasteiger partial charge is 0.307 e. The number of nitrogens with zero attached hydrogens (tertiary/aromatic N) is 5. The highest BCUT2D eigenvalue weighted by molar-refractivity contribution is 6.05. The molecule has 1 amide bonds. The zero-order valence-electron chi connectivity index (χ0n) is 21.7. The van der Waals surface area contributed by atoms with Crippen LogP contribution in [0.5, 0.6) is 0 Å². The van der Waals surface area contributed by atoms with E-state index in [0.717, 1.165) is 18.3 Å². The van der Waals surface area contributed by atoms with Crippen LogP contribution >= 0.6 is 0 Å². The monoisotopic (exact) mass is 578 g/mol. The van der Waals surface area contributed by atoms with E-state index in [1.807, 2.05) is 0 Å². The Morgan fingerprint density at radius 1 is 1.12 bits per heavy atom. The maximum absolute atomic E-state index is 13.6. The summed E-state index contributed by atoms with van der Waals surface area (Å²) in [7, 11) is 0. The topological polar surface area (TPSA) is 96.0 Å². The number of aromatic nitrogens is 1. The second-order valence-electron chi connectivity index (χ2n) is 9.94. The number of likely N-dealkylation sites (tertiary alicyclic amines) is 1. The molecule has 0 radical (unpaired) electrons. The van der Waals surface area contributed by atoms with Gasteiger partial charge in [-0.15, -0.1) is 4.59 Å². The average Bonchev–Trinajstić information content (AvgIpc) is 3.25. The van der Waals surface area contributed by atoms with Crippen LogP contribution in [-0.4, -0.2) is 57.7 Å². The van der Waals surface area contributed by atoms with Gasteiger partial charge in [0.05, 0.1) is 23.5 Å². The molecule has 3 aliphatic heterocycles. The van der Waals surface area contributed by atoms with Gasteiger partial charge in [-0.05, 0) is 55.8 Å². The van der Waals surface area contributed by atoms with Crippen LogP contribution in [0.3, 0.4) is 0 Å². The minimum absolute atomic E-state index is 0.0638. The molecule has 1 fully saturated rings. The molecule has 216 valence electrons. The van der Waals surface area contributed by atoms with E-state index in [1.165, 1.54) is 23.2 Å². The number of carbonyl (C=O) groups is 1. The van der Waals surface area contributed by atoms with Crippen LogP contribution < -0.4 is 11.2 Å². The minimum Gasteiger partial charge on any atom is -0.307 e. The van der Waals surface area contributed by atoms with Crippen molar-refractivity contribution in [1.29, 1.82) is 0 Å². The van der Waals surface area contributed by atoms with Crippen molar-refractivity contribution in [2.75, 3.05) is 18.4 Å². The number of hydrogen-bond donors (Lipinski definition) is 2. The number of halogens is 6. The van der Waals surface area contributed by atoms with Crippen molar-refractivity contribution in [1.82, 2.24) is 9.88 Å². The third-order valence-electron chi connectivity index (χ3n) is 7.41. The van der Waals surface area contributed by atoms with Gasteiger partial charge in [-0.25, -0.2) is 4.98 Å². The molecule has 3 atom stereocenters. The van der Waals surface area contributed by atoms with Gasteiger partial charge in [-0.1, -0.05) is 6.92 Å². The average molecular weight is 579 g/mol. The van der Waals surface area contributed by atoms with Gasteiger partial charge in [0.1, 0.15) is 23.8 Å². The Bertz CT molecular complexity index is 1460. The predicted molar refractivity (Wildman–Crippen MR) is 139 cm³/mol. The fraction of sp³-hybridized carbons (Fsp3) is 0.333. The predicted octanol–water partition coefficient (Wildman–Crippen LogP) is 5.23. The minimum atomic E-state index is -4.58. The zero-order chi connectivity index (χ0) is 29.6. The number of quaternary nitrogens is 1. The normalized spacial score (nSPS) is 24.8. The second kappa shape index (κ2) is 10.5. The Morgan fingerprint density at radius 2 is 1.85 bits per heavy atom. The van der Waals surface area contributed by atoms with Crippen molar-refractivity contribution in [3.8, 4) is 0 Å². The maximum Gasteiger partial charge on any atom is 0.416 e. The van der Waals surface area contributed by atoms with Crippen LogP contribution in [0.15, 0.2) is 76.4 Å². The van der Waals surface area contributed by atoms with Crippen LogP contribution in [0.1, 0.15) is 41.3 Å². The number of piperidine rings is 1. The Morgan fingerprint density at radius 3 is 2.51 bits per heavy atom. The fourth-order valence-electron chi connectivity index (χ4n) is 5.33. The van der Waals surface area contributed by atoms with E-state index >= 15 is 0 Å². The van der Waals surface area contributed by atoms with E-state index in [1.54, 1.807) is 31.5 Å². The van der Waals surface area contributed by atoms with E-state index in [0.29, 0.717) is 22.8 Å². The molecule has 0 aliphatic carbocycles. The van der Waals surface area contributed by atoms with Gasteiger partial charge >= 0.3 is 12.4 Å². The first-order valence-corrected chi connectivity index (χ1v) is 12.8. The van der Waals surface area contributed by atoms with E-state index < -0.39 is 29.9 Å². The molecule has 0 saturated carbocycles. The molecule has 0 bridgehead atoms. The van der Waals surface area contributed by atoms with Gasteiger partial charge in [0.15, 0.2) is 0 Å². The van der Waals surface area contributed by atoms with Crippen molar-refractivity contribution in [2.45, 2.75) is 38.2 Å². The molecule has 1 aromatic carbocycles. The molecule has 1 aromatic heterocycles. The lowest BCUT2D eigenvalue weighted by molar-refractivity contribution is -0.750. The summed E-state index contributed by atoms with van der Waals surface area (Å²) >= 11 is 0. The number of pyridine rings is 1. The van der Waals surface area contributed by atoms with Crippen molar-refractivity contribution >= 4 is 23.8 Å². The fourth-order valence-corrected chi connectivity index (χ4v) is 5.33. The lowest BCUT2D eigenvalue weighted by atomic mass is 9.89. The third-order valence-corrected chi connectivity index (χ3v) is 7.41. The molecule has 5 rings (SSSR count). The number of alkyl halides is 6. The Labute approximate surface area is 231 Å². The standard InChI is InChI=1S/C27H25F6N7O/c1-2-39-15-18(7-8-21(39)27(31,32)33)23-20-14-35-11-12-40(20,34)24(38-23)16-3-5-17(6-4-16)25(41)37-22-13-19(9-10-36-22)26(28,29)30/h3-6,9-14,18,21H,2,7-8,15,34H2,1H3/p+1/t18-,21+,40?/m0/s1. The van der Waals surface area contributed by atoms with Crippen LogP contribution in [0.25, 0.3) is 0 Å². The molecule has 4 heterocycles. The van der Waals surface area contributed by atoms with Gasteiger partial charge in [-0.2, -0.15) is 37.2 Å². The van der Waals surface area contributed by atoms with Gasteiger partial charge in [0.2, 0.25) is 5.70 Å². The number of carbonyl (C=O) groups excluding carboxylic acids is 1. The molecule has 41 heavy (non-hydrogen) atoms. The summed E-state index contributed by atoms with van der Waals surface area (Å²) in [6.07, 6.45) is -3.07. The second-order valence-corrected chi connectivity index (χ2v) is 9.94. The number of anilines is 1. The summed E-state index contributed by atoms with van der Waals surface area (Å²) in [5.41, 5.74) is 0.868. The van der Waals surface area contributed by atoms with Crippen LogP contribution in [-0.2, 0) is 6.18 Å². The SMILES string of the molecule is CCN1C[C@@H](C2=C3C=NC=C[N+]3(N)C(c3ccc(C(=O)Nc4cc(C(F)(F)F)ccn4)cc3)=N2)CC[C@@H]1C(F)(F)F. The quantitative estimate of drug-likeness (QED) is 0.289. The van der Waals surface area contributed by atoms with Gasteiger partial charge in [0, 0.05) is 24.2 Å². The van der Waals surface area contributed by atoms with Crippen molar-refractivity contribution in [3.63, 3.8) is 0 Å². The third kappa shape index (κ3) is 5.54. The molecule has 0 spiro atoms. The molecule has 1 saturated heterocycles. The maximum atomic E-state index is 13.6. The first kappa shape index (κ1) is 28.6. The van der Waals surface area contributed by atoms with Crippen molar-refractivity contribution < 1.29 is 35.7 Å². The number of benzene rings is 1. The summed E-state index contributed by atoms with van der Waals surface area (Å²) in [6, 6.07) is 6.16. The highest BCUT2D eigenvalue weighted by Crippen LogP contribution is 2.41. The van der Waals surface area contributed by atoms with E-state index in [2.05, 4.69) is 15.3 Å². The molecule has 14 heteroatoms. The zero-order valence-corrected chi connectivity index (χ0v) is 21.7. The highest BCUT2D eigenvalue weighted by Gasteiger charge is 2.50. The van der Waals surface area contributed by atoms with Gasteiger partial charge in [0.25, 0.3) is 11.7 Å². The molecule has 8 nitrogen and oxygen atoms in total. The van der Waals surface area contributed by atoms with Crippen LogP contribution in [0.4, 0.5) is 32.2 Å². The molecule has 1 unspecified atom stereocenters. The number of amidine groups is 1. The van der Waals surface area contributed by atoms with Gasteiger partial charge in [-0.3, -0.25) is 14.7 Å². The molecule has 2 aromatic rings. The molecule has 3 N–H and O–H groups in total. The Balaban J connectivity index is 1.38. The summed E-state index contributed by atoms with van der Waals surface area (Å²) in [5, 5.41) is 2.36. The number of allylic oxidation sites excluding steroid dienone is 1. The number of rotatable bonds is 5. The van der Waals surface area contributed by atoms with Crippen LogP contribution in [0.2, 0.25) is 0 Å². The number of nitrogens with two attached hydrogens (primary N) is 1. The summed E-state index contributed by atoms with van der Waals surface area (Å²) in [4.78, 5) is 26.9. The summed E-state index contributed by atoms with van der Waals surface area (Å²) in [5.74, 6) is 5.92. The number of nitrogens with one attached hydrogen (secondary N) is 1. The van der Waals surface area contributed by atoms with E-state index in [-0.39, 0.29) is 47.8 Å². The van der Waals surface area contributed by atoms with Gasteiger partial charge < -0.3 is 5.32 Å². The van der Waals surface area contributed by atoms with Crippen molar-refractivity contribution in [3.05, 3.63) is 83.1 Å². The number of aliphatic imine (C=N–C) groups is 2. The summed E-state index contributed by atoms with van der Waals surface area (Å²) in [6.45, 7) is 2.09. The Kier molecular flexibility index (Phi) is 7.34. The first-order valence-electron chi connectivity index (χ1n) is 12.8. The largest absolute Gasteiger partial charge is 0.416 e. The van der Waals surface area contributed by atoms with E-state index in [9.17, 15) is 31.1 Å². The summed E-state index contributed by atoms with van der Waals surface area (Å²) < 4.78 is 79.3. The van der Waals surface area contributed by atoms with Crippen LogP contribution in [0, 0.1) is 5.92 Å². The number of hydrogen-bond acceptors (Lipinski definition) is 6. The molecular formula is C27H26F6N7O+. The molecule has 3 aliphatic rings. The number of amides is 1.